The van der Waals surface area contributed by atoms with Crippen molar-refractivity contribution in [3.63, 3.8) is 0 Å². The smallest absolute Gasteiger partial charge is 0.326 e. The summed E-state index contributed by atoms with van der Waals surface area (Å²) < 4.78 is 0. The molecule has 1 aliphatic carbocycles. The normalized spacial score (nSPS) is 16.5. The van der Waals surface area contributed by atoms with Gasteiger partial charge in [0.05, 0.1) is 12.2 Å². The van der Waals surface area contributed by atoms with Crippen molar-refractivity contribution >= 4 is 24.7 Å². The van der Waals surface area contributed by atoms with E-state index in [-0.39, 0.29) is 23.9 Å². The van der Waals surface area contributed by atoms with Crippen molar-refractivity contribution in [1.29, 1.82) is 0 Å². The Morgan fingerprint density at radius 3 is 1.92 bits per heavy atom. The van der Waals surface area contributed by atoms with Crippen LogP contribution in [-0.2, 0) is 19.2 Å². The van der Waals surface area contributed by atoms with E-state index in [2.05, 4.69) is 34.4 Å². The van der Waals surface area contributed by atoms with E-state index >= 15 is 0 Å². The first-order chi connectivity index (χ1) is 18.4. The molecule has 2 atom stereocenters. The number of aromatic nitrogens is 2. The van der Waals surface area contributed by atoms with E-state index in [1.165, 1.54) is 49.8 Å². The highest BCUT2D eigenvalue weighted by molar-refractivity contribution is 5.80. The highest BCUT2D eigenvalue weighted by Crippen LogP contribution is 2.18. The van der Waals surface area contributed by atoms with Crippen LogP contribution in [-0.4, -0.2) is 69.8 Å². The van der Waals surface area contributed by atoms with Crippen LogP contribution in [0.15, 0.2) is 18.6 Å². The summed E-state index contributed by atoms with van der Waals surface area (Å²) in [7, 11) is 0. The first-order valence-corrected chi connectivity index (χ1v) is 14.1. The monoisotopic (exact) mass is 551 g/mol. The second-order valence-corrected chi connectivity index (χ2v) is 10.7. The van der Waals surface area contributed by atoms with E-state index in [0.717, 1.165) is 12.1 Å². The molecule has 3 N–H and O–H groups in total. The van der Waals surface area contributed by atoms with Crippen LogP contribution in [0.4, 0.5) is 0 Å². The van der Waals surface area contributed by atoms with Crippen molar-refractivity contribution in [2.45, 2.75) is 118 Å². The van der Waals surface area contributed by atoms with Crippen molar-refractivity contribution in [3.8, 4) is 0 Å². The van der Waals surface area contributed by atoms with Gasteiger partial charge in [0.2, 0.25) is 18.7 Å². The lowest BCUT2D eigenvalue weighted by atomic mass is 9.88. The number of hydrogen-bond acceptors (Lipinski definition) is 6. The maximum atomic E-state index is 11.1. The number of nitrogens with zero attached hydrogens (tertiary/aromatic N) is 3. The summed E-state index contributed by atoms with van der Waals surface area (Å²) >= 11 is 0. The third-order valence-electron chi connectivity index (χ3n) is 5.93. The summed E-state index contributed by atoms with van der Waals surface area (Å²) in [5.74, 6) is -1.06. The number of hydrogen-bond donors (Lipinski definition) is 3. The number of rotatable bonds is 6. The molecule has 3 rings (SSSR count). The molecular weight excluding hydrogens is 498 g/mol. The third-order valence-corrected chi connectivity index (χ3v) is 5.93. The summed E-state index contributed by atoms with van der Waals surface area (Å²) in [6, 6.07) is -0.481. The van der Waals surface area contributed by atoms with Gasteiger partial charge in [0.15, 0.2) is 0 Å². The minimum absolute atomic E-state index is 0.0385. The van der Waals surface area contributed by atoms with Crippen molar-refractivity contribution in [1.82, 2.24) is 25.5 Å². The number of carboxylic acid groups (broad SMARTS) is 1. The second kappa shape index (κ2) is 24.0. The Morgan fingerprint density at radius 2 is 1.62 bits per heavy atom. The van der Waals surface area contributed by atoms with Gasteiger partial charge in [-0.05, 0) is 32.1 Å². The van der Waals surface area contributed by atoms with Gasteiger partial charge < -0.3 is 20.6 Å². The van der Waals surface area contributed by atoms with Gasteiger partial charge in [0, 0.05) is 31.2 Å². The molecule has 1 aliphatic heterocycles. The molecule has 2 heterocycles. The van der Waals surface area contributed by atoms with Gasteiger partial charge in [-0.15, -0.1) is 0 Å². The number of carbonyl (C=O) groups excluding carboxylic acids is 3. The predicted molar refractivity (Wildman–Crippen MR) is 155 cm³/mol. The molecule has 0 bridgehead atoms. The molecule has 1 aromatic heterocycles. The molecule has 39 heavy (non-hydrogen) atoms. The Bertz CT molecular complexity index is 756. The average molecular weight is 552 g/mol. The fourth-order valence-electron chi connectivity index (χ4n) is 3.26. The predicted octanol–water partition coefficient (Wildman–Crippen LogP) is 4.52. The lowest BCUT2D eigenvalue weighted by Crippen LogP contribution is -2.44. The summed E-state index contributed by atoms with van der Waals surface area (Å²) in [6.45, 7) is 14.9. The average Bonchev–Trinajstić information content (AvgIpc) is 3.40. The third kappa shape index (κ3) is 22.6. The molecule has 224 valence electrons. The lowest BCUT2D eigenvalue weighted by Gasteiger charge is -2.27. The van der Waals surface area contributed by atoms with Gasteiger partial charge in [-0.1, -0.05) is 79.6 Å². The summed E-state index contributed by atoms with van der Waals surface area (Å²) in [5.41, 5.74) is 0.999. The Balaban J connectivity index is 0. The van der Waals surface area contributed by atoms with Crippen LogP contribution in [0.3, 0.4) is 0 Å². The molecule has 1 aromatic rings. The van der Waals surface area contributed by atoms with Gasteiger partial charge in [0.1, 0.15) is 6.04 Å². The number of aliphatic carboxylic acids is 1. The van der Waals surface area contributed by atoms with E-state index in [9.17, 15) is 19.2 Å². The SMILES string of the molecule is C1CCCCC1.CC(NC(=O)CNC=O)C(C)(C)C.CCC.Cc1cnccn1.O=CN1CCCC1C(=O)O. The molecule has 10 heteroatoms. The highest BCUT2D eigenvalue weighted by atomic mass is 16.4. The Morgan fingerprint density at radius 1 is 1.08 bits per heavy atom. The number of carboxylic acids is 1. The maximum Gasteiger partial charge on any atom is 0.326 e. The van der Waals surface area contributed by atoms with E-state index < -0.39 is 12.0 Å². The zero-order valence-corrected chi connectivity index (χ0v) is 25.2. The molecule has 3 amide bonds. The van der Waals surface area contributed by atoms with Gasteiger partial charge >= 0.3 is 5.97 Å². The van der Waals surface area contributed by atoms with Crippen molar-refractivity contribution in [2.24, 2.45) is 5.41 Å². The van der Waals surface area contributed by atoms with Crippen molar-refractivity contribution < 1.29 is 24.3 Å². The molecule has 0 aromatic carbocycles. The molecule has 1 saturated carbocycles. The van der Waals surface area contributed by atoms with Crippen LogP contribution in [0.1, 0.15) is 105 Å². The largest absolute Gasteiger partial charge is 0.480 e. The van der Waals surface area contributed by atoms with Crippen LogP contribution in [0.25, 0.3) is 0 Å². The molecule has 2 unspecified atom stereocenters. The topological polar surface area (TPSA) is 142 Å². The number of nitrogens with one attached hydrogen (secondary N) is 2. The summed E-state index contributed by atoms with van der Waals surface area (Å²) in [4.78, 5) is 50.6. The Hall–Kier alpha value is -3.04. The molecule has 2 aliphatic rings. The first-order valence-electron chi connectivity index (χ1n) is 14.1. The minimum Gasteiger partial charge on any atom is -0.480 e. The number of carbonyl (C=O) groups is 4. The van der Waals surface area contributed by atoms with E-state index in [1.54, 1.807) is 18.6 Å². The van der Waals surface area contributed by atoms with Crippen molar-refractivity contribution in [2.75, 3.05) is 13.1 Å². The number of likely N-dealkylation sites (tertiary alicyclic amines) is 1. The molecular formula is C29H53N5O5. The van der Waals surface area contributed by atoms with Crippen LogP contribution in [0.2, 0.25) is 0 Å². The Kier molecular flexibility index (Phi) is 23.5. The van der Waals surface area contributed by atoms with Crippen molar-refractivity contribution in [3.05, 3.63) is 24.3 Å². The van der Waals surface area contributed by atoms with Gasteiger partial charge in [-0.25, -0.2) is 4.79 Å². The standard InChI is InChI=1S/C9H18N2O2.C6H9NO3.C6H12.C5H6N2.C3H8/c1-7(9(2,3)4)11-8(13)5-10-6-12;8-4-7-3-1-2-5(7)6(9)10;1-2-4-6-5-3-1;1-5-4-6-2-3-7-5;1-3-2/h6-7H,5H2,1-4H3,(H,10,12)(H,11,13);4-5H,1-3H2,(H,9,10);1-6H2;2-4H,1H3;3H2,1-2H3. The maximum absolute atomic E-state index is 11.1. The van der Waals surface area contributed by atoms with Gasteiger partial charge in [-0.3, -0.25) is 24.4 Å². The van der Waals surface area contributed by atoms with E-state index in [4.69, 9.17) is 5.11 Å². The molecule has 1 saturated heterocycles. The van der Waals surface area contributed by atoms with Crippen LogP contribution < -0.4 is 10.6 Å². The Labute approximate surface area is 235 Å². The molecule has 0 spiro atoms. The molecule has 2 fully saturated rings. The van der Waals surface area contributed by atoms with Gasteiger partial charge in [0.25, 0.3) is 0 Å². The van der Waals surface area contributed by atoms with Crippen LogP contribution >= 0.6 is 0 Å². The quantitative estimate of drug-likeness (QED) is 0.441. The zero-order valence-electron chi connectivity index (χ0n) is 25.2. The molecule has 10 nitrogen and oxygen atoms in total. The first kappa shape index (κ1) is 38.1. The number of amides is 3. The lowest BCUT2D eigenvalue weighted by molar-refractivity contribution is -0.144. The molecule has 0 radical (unpaired) electrons. The van der Waals surface area contributed by atoms with Gasteiger partial charge in [-0.2, -0.15) is 0 Å². The van der Waals surface area contributed by atoms with Crippen LogP contribution in [0, 0.1) is 12.3 Å². The summed E-state index contributed by atoms with van der Waals surface area (Å²) in [5, 5.41) is 13.6. The van der Waals surface area contributed by atoms with Crippen LogP contribution in [0.5, 0.6) is 0 Å². The zero-order chi connectivity index (χ0) is 30.1. The minimum atomic E-state index is -0.899. The van der Waals surface area contributed by atoms with E-state index in [1.807, 2.05) is 34.6 Å². The van der Waals surface area contributed by atoms with E-state index in [0.29, 0.717) is 25.8 Å². The fraction of sp³-hybridized carbons (Fsp3) is 0.724. The summed E-state index contributed by atoms with van der Waals surface area (Å²) in [6.07, 6.45) is 17.8. The second-order valence-electron chi connectivity index (χ2n) is 10.7. The highest BCUT2D eigenvalue weighted by Gasteiger charge is 2.28. The number of aryl methyl sites for hydroxylation is 1. The fourth-order valence-corrected chi connectivity index (χ4v) is 3.26.